The van der Waals surface area contributed by atoms with E-state index in [2.05, 4.69) is 0 Å². The second kappa shape index (κ2) is 14.7. The Hall–Kier alpha value is -3.59. The minimum atomic E-state index is -0.865. The number of rotatable bonds is 12. The predicted molar refractivity (Wildman–Crippen MR) is 164 cm³/mol. The van der Waals surface area contributed by atoms with Crippen LogP contribution in [0.25, 0.3) is 0 Å². The molecule has 0 spiro atoms. The van der Waals surface area contributed by atoms with Crippen LogP contribution < -0.4 is 14.2 Å². The quantitative estimate of drug-likeness (QED) is 0.214. The lowest BCUT2D eigenvalue weighted by molar-refractivity contribution is -0.169. The maximum Gasteiger partial charge on any atom is 0.345 e. The first-order valence-corrected chi connectivity index (χ1v) is 14.8. The first-order chi connectivity index (χ1) is 20.6. The second-order valence-electron chi connectivity index (χ2n) is 12.1. The number of ether oxygens (including phenoxy) is 6. The molecule has 2 atom stereocenters. The molecule has 43 heavy (non-hydrogen) atoms. The van der Waals surface area contributed by atoms with E-state index in [4.69, 9.17) is 28.4 Å². The van der Waals surface area contributed by atoms with Gasteiger partial charge in [-0.05, 0) is 73.4 Å². The Labute approximate surface area is 254 Å². The van der Waals surface area contributed by atoms with Gasteiger partial charge in [0.2, 0.25) is 0 Å². The highest BCUT2D eigenvalue weighted by atomic mass is 16.7. The number of hydrogen-bond acceptors (Lipinski definition) is 8. The van der Waals surface area contributed by atoms with Gasteiger partial charge in [0.05, 0.1) is 26.9 Å². The number of esters is 1. The Balaban J connectivity index is 1.76. The van der Waals surface area contributed by atoms with Crippen LogP contribution in [0.5, 0.6) is 23.0 Å². The zero-order valence-electron chi connectivity index (χ0n) is 26.1. The lowest BCUT2D eigenvalue weighted by Crippen LogP contribution is -2.22. The van der Waals surface area contributed by atoms with Gasteiger partial charge in [-0.2, -0.15) is 0 Å². The molecule has 3 aromatic carbocycles. The van der Waals surface area contributed by atoms with Crippen LogP contribution in [0.3, 0.4) is 0 Å². The SMILES string of the molecule is COC(=O)c1c(Oc2c(COC3CCCCO3)cc(C)cc2OCc2ccccc2)ccc(C(O)CC(C)(C)C)c1OC. The number of hydrogen-bond donors (Lipinski definition) is 1. The summed E-state index contributed by atoms with van der Waals surface area (Å²) in [5, 5.41) is 11.1. The fourth-order valence-electron chi connectivity index (χ4n) is 5.15. The van der Waals surface area contributed by atoms with E-state index >= 15 is 0 Å². The molecule has 2 unspecified atom stereocenters. The lowest BCUT2D eigenvalue weighted by atomic mass is 9.86. The van der Waals surface area contributed by atoms with Crippen molar-refractivity contribution in [1.29, 1.82) is 0 Å². The molecule has 1 heterocycles. The Morgan fingerprint density at radius 3 is 2.42 bits per heavy atom. The van der Waals surface area contributed by atoms with Crippen molar-refractivity contribution in [3.63, 3.8) is 0 Å². The molecule has 0 aromatic heterocycles. The molecule has 3 aromatic rings. The first kappa shape index (κ1) is 32.3. The molecule has 0 aliphatic carbocycles. The molecule has 0 amide bonds. The van der Waals surface area contributed by atoms with E-state index in [-0.39, 0.29) is 35.4 Å². The molecule has 8 nitrogen and oxygen atoms in total. The Bertz CT molecular complexity index is 1360. The molecule has 1 saturated heterocycles. The Morgan fingerprint density at radius 1 is 1.00 bits per heavy atom. The average Bonchev–Trinajstić information content (AvgIpc) is 2.99. The van der Waals surface area contributed by atoms with Crippen LogP contribution in [0, 0.1) is 12.3 Å². The summed E-state index contributed by atoms with van der Waals surface area (Å²) in [6.45, 7) is 9.30. The van der Waals surface area contributed by atoms with E-state index in [0.29, 0.717) is 36.7 Å². The predicted octanol–water partition coefficient (Wildman–Crippen LogP) is 7.67. The van der Waals surface area contributed by atoms with Crippen LogP contribution in [-0.4, -0.2) is 38.2 Å². The third-order valence-corrected chi connectivity index (χ3v) is 7.20. The fourth-order valence-corrected chi connectivity index (χ4v) is 5.15. The summed E-state index contributed by atoms with van der Waals surface area (Å²) in [6, 6.07) is 17.1. The number of methoxy groups -OCH3 is 2. The molecular formula is C35H44O8. The molecule has 0 radical (unpaired) electrons. The van der Waals surface area contributed by atoms with Crippen molar-refractivity contribution in [3.8, 4) is 23.0 Å². The summed E-state index contributed by atoms with van der Waals surface area (Å²) < 4.78 is 35.7. The number of carbonyl (C=O) groups excluding carboxylic acids is 1. The van der Waals surface area contributed by atoms with E-state index in [1.54, 1.807) is 12.1 Å². The van der Waals surface area contributed by atoms with Gasteiger partial charge in [-0.15, -0.1) is 0 Å². The number of aryl methyl sites for hydroxylation is 1. The third-order valence-electron chi connectivity index (χ3n) is 7.20. The number of carbonyl (C=O) groups is 1. The maximum absolute atomic E-state index is 13.2. The van der Waals surface area contributed by atoms with Gasteiger partial charge < -0.3 is 33.5 Å². The van der Waals surface area contributed by atoms with Crippen molar-refractivity contribution in [2.24, 2.45) is 5.41 Å². The van der Waals surface area contributed by atoms with Crippen LogP contribution in [0.1, 0.15) is 85.2 Å². The van der Waals surface area contributed by atoms with E-state index in [9.17, 15) is 9.90 Å². The minimum Gasteiger partial charge on any atom is -0.495 e. The van der Waals surface area contributed by atoms with Gasteiger partial charge >= 0.3 is 5.97 Å². The van der Waals surface area contributed by atoms with E-state index < -0.39 is 12.1 Å². The molecule has 0 bridgehead atoms. The largest absolute Gasteiger partial charge is 0.495 e. The fraction of sp³-hybridized carbons (Fsp3) is 0.457. The van der Waals surface area contributed by atoms with Gasteiger partial charge in [-0.25, -0.2) is 4.79 Å². The minimum absolute atomic E-state index is 0.0764. The Kier molecular flexibility index (Phi) is 11.1. The topological polar surface area (TPSA) is 92.7 Å². The molecule has 232 valence electrons. The monoisotopic (exact) mass is 592 g/mol. The van der Waals surface area contributed by atoms with Crippen molar-refractivity contribution in [1.82, 2.24) is 0 Å². The van der Waals surface area contributed by atoms with Crippen molar-refractivity contribution in [2.75, 3.05) is 20.8 Å². The number of aliphatic hydroxyl groups is 1. The van der Waals surface area contributed by atoms with Crippen molar-refractivity contribution in [3.05, 3.63) is 82.4 Å². The molecule has 4 rings (SSSR count). The number of aliphatic hydroxyl groups excluding tert-OH is 1. The average molecular weight is 593 g/mol. The third kappa shape index (κ3) is 8.72. The molecule has 1 aliphatic rings. The Morgan fingerprint density at radius 2 is 1.77 bits per heavy atom. The van der Waals surface area contributed by atoms with Crippen LogP contribution in [0.15, 0.2) is 54.6 Å². The molecule has 0 saturated carbocycles. The standard InChI is InChI=1S/C35H44O8/c1-23-18-25(22-42-30-14-10-11-17-40-30)32(29(19-23)41-21-24-12-8-7-9-13-24)43-28-16-15-26(27(36)20-35(2,3)4)33(38-5)31(28)34(37)39-6/h7-9,12-13,15-16,18-19,27,30,36H,10-11,14,17,20-22H2,1-6H3. The summed E-state index contributed by atoms with van der Waals surface area (Å²) in [7, 11) is 2.76. The van der Waals surface area contributed by atoms with Gasteiger partial charge in [-0.1, -0.05) is 51.1 Å². The molecule has 1 aliphatic heterocycles. The van der Waals surface area contributed by atoms with Crippen molar-refractivity contribution < 1.29 is 38.3 Å². The molecule has 1 fully saturated rings. The van der Waals surface area contributed by atoms with Crippen molar-refractivity contribution >= 4 is 5.97 Å². The number of benzene rings is 3. The lowest BCUT2D eigenvalue weighted by Gasteiger charge is -2.26. The highest BCUT2D eigenvalue weighted by Gasteiger charge is 2.29. The molecule has 8 heteroatoms. The van der Waals surface area contributed by atoms with E-state index in [1.807, 2.05) is 70.2 Å². The van der Waals surface area contributed by atoms with Crippen LogP contribution in [-0.2, 0) is 27.4 Å². The zero-order chi connectivity index (χ0) is 31.0. The van der Waals surface area contributed by atoms with Crippen LogP contribution in [0.4, 0.5) is 0 Å². The summed E-state index contributed by atoms with van der Waals surface area (Å²) in [5.74, 6) is 0.669. The summed E-state index contributed by atoms with van der Waals surface area (Å²) in [6.07, 6.45) is 2.19. The van der Waals surface area contributed by atoms with Crippen molar-refractivity contribution in [2.45, 2.75) is 79.0 Å². The normalized spacial score (nSPS) is 15.9. The van der Waals surface area contributed by atoms with Crippen LogP contribution >= 0.6 is 0 Å². The summed E-state index contributed by atoms with van der Waals surface area (Å²) in [5.41, 5.74) is 3.10. The van der Waals surface area contributed by atoms with Gasteiger partial charge in [0.25, 0.3) is 0 Å². The highest BCUT2D eigenvalue weighted by molar-refractivity contribution is 5.96. The van der Waals surface area contributed by atoms with E-state index in [1.165, 1.54) is 14.2 Å². The molecular weight excluding hydrogens is 548 g/mol. The van der Waals surface area contributed by atoms with E-state index in [0.717, 1.165) is 36.0 Å². The van der Waals surface area contributed by atoms with Crippen LogP contribution in [0.2, 0.25) is 0 Å². The first-order valence-electron chi connectivity index (χ1n) is 14.8. The summed E-state index contributed by atoms with van der Waals surface area (Å²) >= 11 is 0. The molecule has 1 N–H and O–H groups in total. The maximum atomic E-state index is 13.2. The van der Waals surface area contributed by atoms with Gasteiger partial charge in [0.1, 0.15) is 23.7 Å². The smallest absolute Gasteiger partial charge is 0.345 e. The van der Waals surface area contributed by atoms with Gasteiger partial charge in [-0.3, -0.25) is 0 Å². The van der Waals surface area contributed by atoms with Gasteiger partial charge in [0, 0.05) is 17.7 Å². The highest BCUT2D eigenvalue weighted by Crippen LogP contribution is 2.44. The van der Waals surface area contributed by atoms with Gasteiger partial charge in [0.15, 0.2) is 17.8 Å². The second-order valence-corrected chi connectivity index (χ2v) is 12.1. The zero-order valence-corrected chi connectivity index (χ0v) is 26.1. The summed E-state index contributed by atoms with van der Waals surface area (Å²) in [4.78, 5) is 13.2.